The Morgan fingerprint density at radius 2 is 2.18 bits per heavy atom. The van der Waals surface area contributed by atoms with Gasteiger partial charge in [-0.2, -0.15) is 0 Å². The van der Waals surface area contributed by atoms with Crippen LogP contribution < -0.4 is 0 Å². The largest absolute Gasteiger partial charge is 0.498 e. The minimum absolute atomic E-state index is 0.0321. The van der Waals surface area contributed by atoms with Crippen LogP contribution >= 0.6 is 0 Å². The second-order valence-corrected chi connectivity index (χ2v) is 5.85. The first-order valence-corrected chi connectivity index (χ1v) is 6.04. The smallest absolute Gasteiger partial charge is 0.181 e. The Kier molecular flexibility index (Phi) is 2.90. The molecule has 17 heavy (non-hydrogen) atoms. The molecule has 1 saturated heterocycles. The van der Waals surface area contributed by atoms with Crippen LogP contribution in [0.5, 0.6) is 0 Å². The van der Waals surface area contributed by atoms with E-state index < -0.39 is 5.60 Å². The van der Waals surface area contributed by atoms with E-state index in [-0.39, 0.29) is 17.3 Å². The molecule has 2 atom stereocenters. The van der Waals surface area contributed by atoms with Crippen molar-refractivity contribution in [3.05, 3.63) is 24.0 Å². The van der Waals surface area contributed by atoms with Crippen molar-refractivity contribution in [2.45, 2.75) is 45.3 Å². The molecule has 0 aromatic carbocycles. The van der Waals surface area contributed by atoms with Crippen molar-refractivity contribution in [3.8, 4) is 0 Å². The van der Waals surface area contributed by atoms with Crippen LogP contribution in [0.3, 0.4) is 0 Å². The SMILES string of the molecule is COC1=CC(=O)C=CC12CCC(C(C)(C)C)O2. The van der Waals surface area contributed by atoms with E-state index in [2.05, 4.69) is 20.8 Å². The van der Waals surface area contributed by atoms with Crippen molar-refractivity contribution in [1.29, 1.82) is 0 Å². The van der Waals surface area contributed by atoms with Crippen LogP contribution in [0, 0.1) is 5.41 Å². The van der Waals surface area contributed by atoms with Crippen molar-refractivity contribution in [2.24, 2.45) is 5.41 Å². The monoisotopic (exact) mass is 236 g/mol. The number of hydrogen-bond acceptors (Lipinski definition) is 3. The van der Waals surface area contributed by atoms with Crippen molar-refractivity contribution in [1.82, 2.24) is 0 Å². The van der Waals surface area contributed by atoms with E-state index in [1.54, 1.807) is 13.2 Å². The molecule has 0 radical (unpaired) electrons. The van der Waals surface area contributed by atoms with Gasteiger partial charge in [0, 0.05) is 6.08 Å². The zero-order chi connectivity index (χ0) is 12.7. The maximum atomic E-state index is 11.4. The highest BCUT2D eigenvalue weighted by molar-refractivity contribution is 6.01. The molecule has 1 aliphatic heterocycles. The standard InChI is InChI=1S/C14H20O3/c1-13(2,3)11-6-8-14(17-11)7-5-10(15)9-12(14)16-4/h5,7,9,11H,6,8H2,1-4H3. The lowest BCUT2D eigenvalue weighted by molar-refractivity contribution is -0.112. The summed E-state index contributed by atoms with van der Waals surface area (Å²) < 4.78 is 11.5. The predicted molar refractivity (Wildman–Crippen MR) is 65.5 cm³/mol. The summed E-state index contributed by atoms with van der Waals surface area (Å²) in [5.41, 5.74) is -0.405. The molecule has 0 N–H and O–H groups in total. The minimum atomic E-state index is -0.513. The van der Waals surface area contributed by atoms with E-state index in [1.165, 1.54) is 6.08 Å². The van der Waals surface area contributed by atoms with Gasteiger partial charge in [-0.25, -0.2) is 0 Å². The normalized spacial score (nSPS) is 33.1. The number of hydrogen-bond donors (Lipinski definition) is 0. The van der Waals surface area contributed by atoms with Crippen LogP contribution in [-0.4, -0.2) is 24.6 Å². The van der Waals surface area contributed by atoms with Gasteiger partial charge in [0.25, 0.3) is 0 Å². The molecule has 2 rings (SSSR count). The number of ether oxygens (including phenoxy) is 2. The van der Waals surface area contributed by atoms with Gasteiger partial charge in [-0.05, 0) is 30.4 Å². The highest BCUT2D eigenvalue weighted by Gasteiger charge is 2.47. The molecule has 1 fully saturated rings. The molecule has 2 aliphatic rings. The zero-order valence-electron chi connectivity index (χ0n) is 10.9. The molecule has 1 heterocycles. The fourth-order valence-corrected chi connectivity index (χ4v) is 2.46. The van der Waals surface area contributed by atoms with E-state index in [1.807, 2.05) is 6.08 Å². The van der Waals surface area contributed by atoms with E-state index in [9.17, 15) is 4.79 Å². The molecule has 3 heteroatoms. The summed E-state index contributed by atoms with van der Waals surface area (Å²) in [6.07, 6.45) is 7.01. The van der Waals surface area contributed by atoms with Crippen LogP contribution in [0.25, 0.3) is 0 Å². The molecular formula is C14H20O3. The Labute approximate surface area is 102 Å². The van der Waals surface area contributed by atoms with Crippen molar-refractivity contribution >= 4 is 5.78 Å². The quantitative estimate of drug-likeness (QED) is 0.702. The number of allylic oxidation sites excluding steroid dienone is 2. The molecule has 0 saturated carbocycles. The lowest BCUT2D eigenvalue weighted by Crippen LogP contribution is -2.36. The minimum Gasteiger partial charge on any atom is -0.498 e. The highest BCUT2D eigenvalue weighted by Crippen LogP contribution is 2.44. The molecule has 3 nitrogen and oxygen atoms in total. The molecule has 0 amide bonds. The van der Waals surface area contributed by atoms with Gasteiger partial charge in [0.1, 0.15) is 11.4 Å². The zero-order valence-corrected chi connectivity index (χ0v) is 10.9. The van der Waals surface area contributed by atoms with Crippen LogP contribution in [0.1, 0.15) is 33.6 Å². The van der Waals surface area contributed by atoms with Gasteiger partial charge in [-0.1, -0.05) is 20.8 Å². The maximum Gasteiger partial charge on any atom is 0.181 e. The summed E-state index contributed by atoms with van der Waals surface area (Å²) in [6, 6.07) is 0. The van der Waals surface area contributed by atoms with Gasteiger partial charge in [-0.3, -0.25) is 4.79 Å². The second-order valence-electron chi connectivity index (χ2n) is 5.85. The first-order valence-electron chi connectivity index (χ1n) is 6.04. The number of carbonyl (C=O) groups excluding carboxylic acids is 1. The topological polar surface area (TPSA) is 35.5 Å². The van der Waals surface area contributed by atoms with Crippen molar-refractivity contribution in [3.63, 3.8) is 0 Å². The van der Waals surface area contributed by atoms with Gasteiger partial charge in [0.2, 0.25) is 0 Å². The second kappa shape index (κ2) is 3.98. The Morgan fingerprint density at radius 3 is 2.71 bits per heavy atom. The van der Waals surface area contributed by atoms with Crippen LogP contribution in [0.2, 0.25) is 0 Å². The first kappa shape index (κ1) is 12.4. The Bertz CT molecular complexity index is 387. The average Bonchev–Trinajstić information content (AvgIpc) is 2.67. The molecule has 2 unspecified atom stereocenters. The third-order valence-corrected chi connectivity index (χ3v) is 3.52. The van der Waals surface area contributed by atoms with E-state index in [4.69, 9.17) is 9.47 Å². The number of methoxy groups -OCH3 is 1. The third kappa shape index (κ3) is 2.16. The van der Waals surface area contributed by atoms with Gasteiger partial charge >= 0.3 is 0 Å². The van der Waals surface area contributed by atoms with Crippen LogP contribution in [-0.2, 0) is 14.3 Å². The summed E-state index contributed by atoms with van der Waals surface area (Å²) in [5.74, 6) is 0.604. The highest BCUT2D eigenvalue weighted by atomic mass is 16.6. The fraction of sp³-hybridized carbons (Fsp3) is 0.643. The maximum absolute atomic E-state index is 11.4. The Hall–Kier alpha value is -1.09. The van der Waals surface area contributed by atoms with Crippen LogP contribution in [0.15, 0.2) is 24.0 Å². The van der Waals surface area contributed by atoms with Gasteiger partial charge in [0.15, 0.2) is 5.78 Å². The van der Waals surface area contributed by atoms with E-state index in [0.29, 0.717) is 5.76 Å². The summed E-state index contributed by atoms with van der Waals surface area (Å²) >= 11 is 0. The molecule has 0 aromatic rings. The fourth-order valence-electron chi connectivity index (χ4n) is 2.46. The lowest BCUT2D eigenvalue weighted by Gasteiger charge is -2.33. The van der Waals surface area contributed by atoms with Crippen molar-refractivity contribution < 1.29 is 14.3 Å². The average molecular weight is 236 g/mol. The van der Waals surface area contributed by atoms with Gasteiger partial charge in [-0.15, -0.1) is 0 Å². The van der Waals surface area contributed by atoms with Crippen molar-refractivity contribution in [2.75, 3.05) is 7.11 Å². The van der Waals surface area contributed by atoms with Gasteiger partial charge < -0.3 is 9.47 Å². The number of rotatable bonds is 1. The van der Waals surface area contributed by atoms with Gasteiger partial charge in [0.05, 0.1) is 13.2 Å². The predicted octanol–water partition coefficient (Wildman–Crippen LogP) is 2.62. The molecule has 1 spiro atoms. The first-order chi connectivity index (χ1) is 7.87. The number of carbonyl (C=O) groups is 1. The van der Waals surface area contributed by atoms with Crippen LogP contribution in [0.4, 0.5) is 0 Å². The molecule has 0 bridgehead atoms. The molecule has 1 aliphatic carbocycles. The Morgan fingerprint density at radius 1 is 1.47 bits per heavy atom. The summed E-state index contributed by atoms with van der Waals surface area (Å²) in [4.78, 5) is 11.4. The molecule has 94 valence electrons. The lowest BCUT2D eigenvalue weighted by atomic mass is 9.86. The number of ketones is 1. The van der Waals surface area contributed by atoms with E-state index >= 15 is 0 Å². The Balaban J connectivity index is 2.25. The summed E-state index contributed by atoms with van der Waals surface area (Å²) in [6.45, 7) is 6.51. The molecular weight excluding hydrogens is 216 g/mol. The third-order valence-electron chi connectivity index (χ3n) is 3.52. The van der Waals surface area contributed by atoms with E-state index in [0.717, 1.165) is 12.8 Å². The summed E-state index contributed by atoms with van der Waals surface area (Å²) in [5, 5.41) is 0. The molecule has 0 aromatic heterocycles. The summed E-state index contributed by atoms with van der Waals surface area (Å²) in [7, 11) is 1.59.